The summed E-state index contributed by atoms with van der Waals surface area (Å²) in [5, 5.41) is 11.3. The Morgan fingerprint density at radius 3 is 3.08 bits per heavy atom. The number of hydrogen-bond acceptors (Lipinski definition) is 4. The molecule has 5 heteroatoms. The molecule has 4 nitrogen and oxygen atoms in total. The largest absolute Gasteiger partial charge is 0.480 e. The zero-order valence-electron chi connectivity index (χ0n) is 6.43. The predicted octanol–water partition coefficient (Wildman–Crippen LogP) is 0.488. The first-order chi connectivity index (χ1) is 5.70. The van der Waals surface area contributed by atoms with Crippen LogP contribution in [-0.4, -0.2) is 22.1 Å². The van der Waals surface area contributed by atoms with Crippen LogP contribution in [-0.2, 0) is 11.2 Å². The van der Waals surface area contributed by atoms with Crippen molar-refractivity contribution >= 4 is 17.3 Å². The maximum Gasteiger partial charge on any atom is 0.320 e. The highest BCUT2D eigenvalue weighted by atomic mass is 32.1. The Hall–Kier alpha value is -0.940. The molecule has 1 atom stereocenters. The lowest BCUT2D eigenvalue weighted by atomic mass is 10.2. The number of nitrogens with zero attached hydrogens (tertiary/aromatic N) is 1. The molecule has 0 saturated heterocycles. The van der Waals surface area contributed by atoms with Crippen LogP contribution >= 0.6 is 11.3 Å². The van der Waals surface area contributed by atoms with Crippen molar-refractivity contribution in [3.05, 3.63) is 16.6 Å². The van der Waals surface area contributed by atoms with E-state index in [4.69, 9.17) is 10.8 Å². The molecule has 66 valence electrons. The van der Waals surface area contributed by atoms with E-state index in [1.807, 2.05) is 5.38 Å². The number of carboxylic acids is 1. The first-order valence-corrected chi connectivity index (χ1v) is 4.45. The fraction of sp³-hybridized carbons (Fsp3) is 0.429. The Labute approximate surface area is 74.0 Å². The second-order valence-electron chi connectivity index (χ2n) is 2.41. The van der Waals surface area contributed by atoms with Gasteiger partial charge in [0.1, 0.15) is 6.04 Å². The highest BCUT2D eigenvalue weighted by molar-refractivity contribution is 7.09. The van der Waals surface area contributed by atoms with Crippen LogP contribution in [0, 0.1) is 0 Å². The molecule has 0 aliphatic carbocycles. The highest BCUT2D eigenvalue weighted by Gasteiger charge is 2.11. The molecule has 0 fully saturated rings. The summed E-state index contributed by atoms with van der Waals surface area (Å²) in [5.74, 6) is -0.952. The Kier molecular flexibility index (Phi) is 3.19. The van der Waals surface area contributed by atoms with Gasteiger partial charge < -0.3 is 10.8 Å². The minimum atomic E-state index is -0.952. The highest BCUT2D eigenvalue weighted by Crippen LogP contribution is 2.07. The van der Waals surface area contributed by atoms with Gasteiger partial charge in [-0.1, -0.05) is 0 Å². The Morgan fingerprint density at radius 2 is 2.58 bits per heavy atom. The maximum atomic E-state index is 10.3. The van der Waals surface area contributed by atoms with Crippen LogP contribution in [0.1, 0.15) is 11.4 Å². The van der Waals surface area contributed by atoms with E-state index in [0.29, 0.717) is 12.8 Å². The van der Waals surface area contributed by atoms with E-state index in [0.717, 1.165) is 5.01 Å². The van der Waals surface area contributed by atoms with Gasteiger partial charge in [0, 0.05) is 18.0 Å². The summed E-state index contributed by atoms with van der Waals surface area (Å²) in [7, 11) is 0. The normalized spacial score (nSPS) is 12.8. The number of aliphatic carboxylic acids is 1. The van der Waals surface area contributed by atoms with Gasteiger partial charge >= 0.3 is 5.97 Å². The van der Waals surface area contributed by atoms with E-state index < -0.39 is 12.0 Å². The Morgan fingerprint density at radius 1 is 1.83 bits per heavy atom. The van der Waals surface area contributed by atoms with Crippen LogP contribution in [0.3, 0.4) is 0 Å². The van der Waals surface area contributed by atoms with Crippen LogP contribution in [0.25, 0.3) is 0 Å². The number of thiazole rings is 1. The minimum absolute atomic E-state index is 0.447. The van der Waals surface area contributed by atoms with E-state index >= 15 is 0 Å². The average molecular weight is 186 g/mol. The average Bonchev–Trinajstić information content (AvgIpc) is 2.51. The zero-order chi connectivity index (χ0) is 8.97. The molecule has 0 saturated carbocycles. The molecular formula is C7H10N2O2S. The molecule has 3 N–H and O–H groups in total. The summed E-state index contributed by atoms with van der Waals surface area (Å²) in [6.07, 6.45) is 2.79. The second kappa shape index (κ2) is 4.18. The number of rotatable bonds is 4. The fourth-order valence-electron chi connectivity index (χ4n) is 0.779. The quantitative estimate of drug-likeness (QED) is 0.717. The van der Waals surface area contributed by atoms with Crippen molar-refractivity contribution in [3.63, 3.8) is 0 Å². The Bertz CT molecular complexity index is 248. The van der Waals surface area contributed by atoms with Crippen molar-refractivity contribution in [2.75, 3.05) is 0 Å². The monoisotopic (exact) mass is 186 g/mol. The van der Waals surface area contributed by atoms with Gasteiger partial charge in [-0.05, 0) is 6.42 Å². The van der Waals surface area contributed by atoms with E-state index in [1.54, 1.807) is 6.20 Å². The van der Waals surface area contributed by atoms with Crippen molar-refractivity contribution < 1.29 is 9.90 Å². The van der Waals surface area contributed by atoms with Gasteiger partial charge in [0.15, 0.2) is 0 Å². The molecular weight excluding hydrogens is 176 g/mol. The molecule has 1 rings (SSSR count). The van der Waals surface area contributed by atoms with Crippen molar-refractivity contribution in [1.29, 1.82) is 0 Å². The summed E-state index contributed by atoms with van der Waals surface area (Å²) in [6, 6.07) is -0.770. The van der Waals surface area contributed by atoms with Gasteiger partial charge in [0.05, 0.1) is 5.01 Å². The number of aryl methyl sites for hydroxylation is 1. The van der Waals surface area contributed by atoms with Gasteiger partial charge in [-0.25, -0.2) is 4.98 Å². The number of carboxylic acid groups (broad SMARTS) is 1. The summed E-state index contributed by atoms with van der Waals surface area (Å²) in [5.41, 5.74) is 5.31. The minimum Gasteiger partial charge on any atom is -0.480 e. The number of hydrogen-bond donors (Lipinski definition) is 2. The lowest BCUT2D eigenvalue weighted by Crippen LogP contribution is -2.30. The number of aromatic nitrogens is 1. The molecule has 0 spiro atoms. The lowest BCUT2D eigenvalue weighted by Gasteiger charge is -2.02. The van der Waals surface area contributed by atoms with Crippen molar-refractivity contribution in [3.8, 4) is 0 Å². The predicted molar refractivity (Wildman–Crippen MR) is 46.0 cm³/mol. The van der Waals surface area contributed by atoms with Crippen LogP contribution in [0.15, 0.2) is 11.6 Å². The molecule has 1 aromatic rings. The van der Waals surface area contributed by atoms with Crippen LogP contribution in [0.2, 0.25) is 0 Å². The molecule has 0 radical (unpaired) electrons. The van der Waals surface area contributed by atoms with Crippen molar-refractivity contribution in [2.24, 2.45) is 5.73 Å². The molecule has 0 bridgehead atoms. The van der Waals surface area contributed by atoms with Gasteiger partial charge in [0.2, 0.25) is 0 Å². The SMILES string of the molecule is NC(CCc1nccs1)C(=O)O. The zero-order valence-corrected chi connectivity index (χ0v) is 7.25. The van der Waals surface area contributed by atoms with Gasteiger partial charge in [-0.2, -0.15) is 0 Å². The summed E-state index contributed by atoms with van der Waals surface area (Å²) in [6.45, 7) is 0. The number of carbonyl (C=O) groups is 1. The molecule has 0 aliphatic heterocycles. The fourth-order valence-corrected chi connectivity index (χ4v) is 1.42. The molecule has 0 amide bonds. The van der Waals surface area contributed by atoms with Crippen molar-refractivity contribution in [2.45, 2.75) is 18.9 Å². The van der Waals surface area contributed by atoms with Crippen LogP contribution < -0.4 is 5.73 Å². The summed E-state index contributed by atoms with van der Waals surface area (Å²) in [4.78, 5) is 14.3. The first kappa shape index (κ1) is 9.15. The number of nitrogens with two attached hydrogens (primary N) is 1. The third-order valence-corrected chi connectivity index (χ3v) is 2.31. The lowest BCUT2D eigenvalue weighted by molar-refractivity contribution is -0.138. The van der Waals surface area contributed by atoms with E-state index in [9.17, 15) is 4.79 Å². The molecule has 1 heterocycles. The molecule has 12 heavy (non-hydrogen) atoms. The topological polar surface area (TPSA) is 76.2 Å². The molecule has 1 unspecified atom stereocenters. The van der Waals surface area contributed by atoms with Gasteiger partial charge in [0.25, 0.3) is 0 Å². The third-order valence-electron chi connectivity index (χ3n) is 1.47. The van der Waals surface area contributed by atoms with Crippen molar-refractivity contribution in [1.82, 2.24) is 4.98 Å². The smallest absolute Gasteiger partial charge is 0.320 e. The standard InChI is InChI=1S/C7H10N2O2S/c8-5(7(10)11)1-2-6-9-3-4-12-6/h3-5H,1-2,8H2,(H,10,11). The van der Waals surface area contributed by atoms with Gasteiger partial charge in [-0.3, -0.25) is 4.79 Å². The van der Waals surface area contributed by atoms with Gasteiger partial charge in [-0.15, -0.1) is 11.3 Å². The summed E-state index contributed by atoms with van der Waals surface area (Å²) >= 11 is 1.52. The van der Waals surface area contributed by atoms with Crippen LogP contribution in [0.4, 0.5) is 0 Å². The molecule has 1 aromatic heterocycles. The first-order valence-electron chi connectivity index (χ1n) is 3.57. The molecule has 0 aliphatic rings. The van der Waals surface area contributed by atoms with E-state index in [1.165, 1.54) is 11.3 Å². The summed E-state index contributed by atoms with van der Waals surface area (Å²) < 4.78 is 0. The maximum absolute atomic E-state index is 10.3. The van der Waals surface area contributed by atoms with E-state index in [-0.39, 0.29) is 0 Å². The molecule has 0 aromatic carbocycles. The van der Waals surface area contributed by atoms with E-state index in [2.05, 4.69) is 4.98 Å². The second-order valence-corrected chi connectivity index (χ2v) is 3.39. The Balaban J connectivity index is 2.31. The third kappa shape index (κ3) is 2.60. The van der Waals surface area contributed by atoms with Crippen LogP contribution in [0.5, 0.6) is 0 Å².